The number of nitrogens with zero attached hydrogens (tertiary/aromatic N) is 1. The van der Waals surface area contributed by atoms with Crippen LogP contribution in [0.5, 0.6) is 0 Å². The molecule has 16 heavy (non-hydrogen) atoms. The van der Waals surface area contributed by atoms with Crippen LogP contribution in [-0.2, 0) is 14.4 Å². The topological polar surface area (TPSA) is 54.5 Å². The van der Waals surface area contributed by atoms with E-state index in [4.69, 9.17) is 0 Å². The highest BCUT2D eigenvalue weighted by Gasteiger charge is 2.43. The Kier molecular flexibility index (Phi) is 3.22. The van der Waals surface area contributed by atoms with Crippen molar-refractivity contribution in [3.63, 3.8) is 0 Å². The fraction of sp³-hybridized carbons (Fsp3) is 0.750. The third-order valence-electron chi connectivity index (χ3n) is 3.20. The number of hydrogen-bond acceptors (Lipinski definition) is 3. The molecule has 2 atom stereocenters. The number of hydrogen-bond donors (Lipinski definition) is 0. The van der Waals surface area contributed by atoms with Crippen molar-refractivity contribution in [1.82, 2.24) is 4.90 Å². The van der Waals surface area contributed by atoms with Gasteiger partial charge in [0.25, 0.3) is 0 Å². The van der Waals surface area contributed by atoms with Crippen LogP contribution in [0.1, 0.15) is 34.6 Å². The summed E-state index contributed by atoms with van der Waals surface area (Å²) in [5.41, 5.74) is -0.518. The number of likely N-dealkylation sites (tertiary alicyclic amines) is 1. The maximum Gasteiger partial charge on any atom is 0.233 e. The smallest absolute Gasteiger partial charge is 0.233 e. The van der Waals surface area contributed by atoms with Crippen LogP contribution < -0.4 is 0 Å². The minimum absolute atomic E-state index is 0.0875. The first kappa shape index (κ1) is 12.9. The van der Waals surface area contributed by atoms with E-state index in [1.54, 1.807) is 34.6 Å². The third-order valence-corrected chi connectivity index (χ3v) is 3.20. The van der Waals surface area contributed by atoms with Gasteiger partial charge in [-0.05, 0) is 0 Å². The Hall–Kier alpha value is -1.19. The molecule has 0 radical (unpaired) electrons. The maximum atomic E-state index is 11.8. The van der Waals surface area contributed by atoms with Gasteiger partial charge in [-0.1, -0.05) is 34.6 Å². The van der Waals surface area contributed by atoms with Crippen molar-refractivity contribution in [3.05, 3.63) is 0 Å². The van der Waals surface area contributed by atoms with E-state index in [1.165, 1.54) is 0 Å². The Morgan fingerprint density at radius 1 is 1.12 bits per heavy atom. The SMILES string of the molecule is CC1C(=O)N(CC(=O)C(C)(C)C)C(=O)C1C. The summed E-state index contributed by atoms with van der Waals surface area (Å²) in [5, 5.41) is 0. The fourth-order valence-electron chi connectivity index (χ4n) is 1.56. The molecule has 1 fully saturated rings. The summed E-state index contributed by atoms with van der Waals surface area (Å²) in [6, 6.07) is 0. The fourth-order valence-corrected chi connectivity index (χ4v) is 1.56. The van der Waals surface area contributed by atoms with E-state index in [2.05, 4.69) is 0 Å². The molecular formula is C12H19NO3. The summed E-state index contributed by atoms with van der Waals surface area (Å²) in [6.07, 6.45) is 0. The van der Waals surface area contributed by atoms with Gasteiger partial charge in [-0.3, -0.25) is 19.3 Å². The van der Waals surface area contributed by atoms with Gasteiger partial charge >= 0.3 is 0 Å². The van der Waals surface area contributed by atoms with Gasteiger partial charge in [-0.2, -0.15) is 0 Å². The Balaban J connectivity index is 2.80. The number of imide groups is 1. The molecule has 0 aromatic rings. The molecule has 1 heterocycles. The van der Waals surface area contributed by atoms with E-state index < -0.39 is 5.41 Å². The Morgan fingerprint density at radius 2 is 1.50 bits per heavy atom. The molecule has 2 unspecified atom stereocenters. The highest BCUT2D eigenvalue weighted by atomic mass is 16.2. The van der Waals surface area contributed by atoms with Crippen molar-refractivity contribution in [1.29, 1.82) is 0 Å². The van der Waals surface area contributed by atoms with Crippen LogP contribution in [0.4, 0.5) is 0 Å². The Morgan fingerprint density at radius 3 is 1.81 bits per heavy atom. The van der Waals surface area contributed by atoms with Gasteiger partial charge in [0, 0.05) is 17.3 Å². The zero-order valence-electron chi connectivity index (χ0n) is 10.5. The van der Waals surface area contributed by atoms with E-state index in [9.17, 15) is 14.4 Å². The molecule has 0 aromatic heterocycles. The van der Waals surface area contributed by atoms with Crippen molar-refractivity contribution in [3.8, 4) is 0 Å². The highest BCUT2D eigenvalue weighted by Crippen LogP contribution is 2.26. The van der Waals surface area contributed by atoms with Gasteiger partial charge in [0.2, 0.25) is 11.8 Å². The average molecular weight is 225 g/mol. The van der Waals surface area contributed by atoms with Crippen LogP contribution in [0.25, 0.3) is 0 Å². The van der Waals surface area contributed by atoms with Crippen LogP contribution in [0, 0.1) is 17.3 Å². The first-order chi connectivity index (χ1) is 7.16. The molecule has 0 aliphatic carbocycles. The van der Waals surface area contributed by atoms with Crippen molar-refractivity contribution >= 4 is 17.6 Å². The molecular weight excluding hydrogens is 206 g/mol. The van der Waals surface area contributed by atoms with Crippen molar-refractivity contribution in [2.75, 3.05) is 6.54 Å². The van der Waals surface area contributed by atoms with E-state index in [0.717, 1.165) is 4.90 Å². The van der Waals surface area contributed by atoms with Gasteiger partial charge in [-0.15, -0.1) is 0 Å². The lowest BCUT2D eigenvalue weighted by Gasteiger charge is -2.21. The zero-order valence-corrected chi connectivity index (χ0v) is 10.5. The maximum absolute atomic E-state index is 11.8. The lowest BCUT2D eigenvalue weighted by molar-refractivity contribution is -0.144. The normalized spacial score (nSPS) is 26.4. The van der Waals surface area contributed by atoms with Gasteiger partial charge in [0.05, 0.1) is 6.54 Å². The third kappa shape index (κ3) is 2.15. The lowest BCUT2D eigenvalue weighted by Crippen LogP contribution is -2.39. The quantitative estimate of drug-likeness (QED) is 0.664. The number of rotatable bonds is 2. The standard InChI is InChI=1S/C12H19NO3/c1-7-8(2)11(16)13(10(7)15)6-9(14)12(3,4)5/h7-8H,6H2,1-5H3. The second-order valence-corrected chi connectivity index (χ2v) is 5.51. The molecule has 1 saturated heterocycles. The number of ketones is 1. The zero-order chi connectivity index (χ0) is 12.7. The summed E-state index contributed by atoms with van der Waals surface area (Å²) >= 11 is 0. The molecule has 90 valence electrons. The summed E-state index contributed by atoms with van der Waals surface area (Å²) in [6.45, 7) is 8.72. The second kappa shape index (κ2) is 4.00. The predicted octanol–water partition coefficient (Wildman–Crippen LogP) is 1.24. The van der Waals surface area contributed by atoms with Crippen LogP contribution >= 0.6 is 0 Å². The van der Waals surface area contributed by atoms with Crippen molar-refractivity contribution in [2.24, 2.45) is 17.3 Å². The molecule has 0 aromatic carbocycles. The number of carbonyl (C=O) groups excluding carboxylic acids is 3. The molecule has 2 amide bonds. The molecule has 0 bridgehead atoms. The number of amides is 2. The minimum atomic E-state index is -0.518. The van der Waals surface area contributed by atoms with Gasteiger partial charge in [-0.25, -0.2) is 0 Å². The molecule has 1 aliphatic heterocycles. The van der Waals surface area contributed by atoms with Crippen molar-refractivity contribution in [2.45, 2.75) is 34.6 Å². The molecule has 0 N–H and O–H groups in total. The summed E-state index contributed by atoms with van der Waals surface area (Å²) in [4.78, 5) is 36.4. The van der Waals surface area contributed by atoms with E-state index >= 15 is 0 Å². The molecule has 4 nitrogen and oxygen atoms in total. The average Bonchev–Trinajstić information content (AvgIpc) is 2.34. The van der Waals surface area contributed by atoms with Gasteiger partial charge in [0.15, 0.2) is 5.78 Å². The lowest BCUT2D eigenvalue weighted by atomic mass is 9.90. The number of Topliss-reactive ketones (excluding diaryl/α,β-unsaturated/α-hetero) is 1. The summed E-state index contributed by atoms with van der Waals surface area (Å²) in [5.74, 6) is -1.15. The summed E-state index contributed by atoms with van der Waals surface area (Å²) in [7, 11) is 0. The second-order valence-electron chi connectivity index (χ2n) is 5.51. The monoisotopic (exact) mass is 225 g/mol. The molecule has 4 heteroatoms. The molecule has 1 rings (SSSR count). The molecule has 0 saturated carbocycles. The summed E-state index contributed by atoms with van der Waals surface area (Å²) < 4.78 is 0. The Bertz CT molecular complexity index is 321. The molecule has 0 spiro atoms. The van der Waals surface area contributed by atoms with Crippen LogP contribution in [0.2, 0.25) is 0 Å². The van der Waals surface area contributed by atoms with E-state index in [1.807, 2.05) is 0 Å². The Labute approximate surface area is 96.0 Å². The largest absolute Gasteiger partial charge is 0.297 e. The van der Waals surface area contributed by atoms with Gasteiger partial charge in [0.1, 0.15) is 0 Å². The van der Waals surface area contributed by atoms with Crippen LogP contribution in [-0.4, -0.2) is 29.0 Å². The van der Waals surface area contributed by atoms with Crippen LogP contribution in [0.15, 0.2) is 0 Å². The number of carbonyl (C=O) groups is 3. The first-order valence-electron chi connectivity index (χ1n) is 5.54. The van der Waals surface area contributed by atoms with Crippen LogP contribution in [0.3, 0.4) is 0 Å². The first-order valence-corrected chi connectivity index (χ1v) is 5.54. The van der Waals surface area contributed by atoms with Gasteiger partial charge < -0.3 is 0 Å². The molecule has 1 aliphatic rings. The predicted molar refractivity (Wildman–Crippen MR) is 59.5 cm³/mol. The van der Waals surface area contributed by atoms with Crippen molar-refractivity contribution < 1.29 is 14.4 Å². The highest BCUT2D eigenvalue weighted by molar-refractivity contribution is 6.07. The minimum Gasteiger partial charge on any atom is -0.297 e. The van der Waals surface area contributed by atoms with E-state index in [-0.39, 0.29) is 36.0 Å². The van der Waals surface area contributed by atoms with E-state index in [0.29, 0.717) is 0 Å².